The summed E-state index contributed by atoms with van der Waals surface area (Å²) in [6.07, 6.45) is 2.81. The molecule has 4 nitrogen and oxygen atoms in total. The van der Waals surface area contributed by atoms with Gasteiger partial charge in [-0.25, -0.2) is 4.98 Å². The van der Waals surface area contributed by atoms with Crippen molar-refractivity contribution < 1.29 is 9.53 Å². The number of anilines is 1. The maximum atomic E-state index is 12.7. The lowest BCUT2D eigenvalue weighted by Gasteiger charge is -2.37. The summed E-state index contributed by atoms with van der Waals surface area (Å²) in [6.45, 7) is 5.91. The van der Waals surface area contributed by atoms with E-state index in [2.05, 4.69) is 18.8 Å². The number of fused-ring (bicyclic) bond motifs is 1. The van der Waals surface area contributed by atoms with Crippen LogP contribution in [0.25, 0.3) is 11.1 Å². The SMILES string of the molecule is CCC(CC)N1C(=O)C(C)Oc2c(-c3ccc(Cl)cc3Cl)ccnc21. The number of pyridine rings is 1. The molecule has 2 aromatic rings. The minimum absolute atomic E-state index is 0.0620. The van der Waals surface area contributed by atoms with E-state index in [1.165, 1.54) is 0 Å². The Morgan fingerprint density at radius 1 is 1.20 bits per heavy atom. The first-order chi connectivity index (χ1) is 12.0. The molecule has 2 heterocycles. The average molecular weight is 379 g/mol. The van der Waals surface area contributed by atoms with Crippen molar-refractivity contribution in [3.05, 3.63) is 40.5 Å². The minimum Gasteiger partial charge on any atom is -0.476 e. The van der Waals surface area contributed by atoms with Crippen molar-refractivity contribution in [2.45, 2.75) is 45.8 Å². The molecule has 6 heteroatoms. The van der Waals surface area contributed by atoms with E-state index in [1.807, 2.05) is 12.1 Å². The van der Waals surface area contributed by atoms with Crippen molar-refractivity contribution in [1.82, 2.24) is 4.98 Å². The van der Waals surface area contributed by atoms with E-state index in [0.29, 0.717) is 21.6 Å². The quantitative estimate of drug-likeness (QED) is 0.718. The van der Waals surface area contributed by atoms with Crippen LogP contribution in [0.15, 0.2) is 30.5 Å². The number of carbonyl (C=O) groups is 1. The van der Waals surface area contributed by atoms with Gasteiger partial charge in [0.05, 0.1) is 5.02 Å². The summed E-state index contributed by atoms with van der Waals surface area (Å²) in [5.41, 5.74) is 1.61. The Labute approximate surface area is 157 Å². The molecule has 0 spiro atoms. The molecule has 25 heavy (non-hydrogen) atoms. The first kappa shape index (κ1) is 18.0. The molecule has 1 unspecified atom stereocenters. The highest BCUT2D eigenvalue weighted by molar-refractivity contribution is 6.36. The lowest BCUT2D eigenvalue weighted by molar-refractivity contribution is -0.126. The van der Waals surface area contributed by atoms with Gasteiger partial charge in [-0.15, -0.1) is 0 Å². The summed E-state index contributed by atoms with van der Waals surface area (Å²) in [6, 6.07) is 7.27. The Morgan fingerprint density at radius 2 is 1.92 bits per heavy atom. The molecule has 3 rings (SSSR count). The van der Waals surface area contributed by atoms with Gasteiger partial charge >= 0.3 is 0 Å². The zero-order valence-corrected chi connectivity index (χ0v) is 15.9. The van der Waals surface area contributed by atoms with Crippen molar-refractivity contribution in [1.29, 1.82) is 0 Å². The fourth-order valence-corrected chi connectivity index (χ4v) is 3.69. The second kappa shape index (κ2) is 7.22. The van der Waals surface area contributed by atoms with Gasteiger partial charge in [0.2, 0.25) is 0 Å². The zero-order chi connectivity index (χ0) is 18.1. The van der Waals surface area contributed by atoms with Gasteiger partial charge in [0.25, 0.3) is 5.91 Å². The normalized spacial score (nSPS) is 16.8. The molecule has 1 aromatic heterocycles. The van der Waals surface area contributed by atoms with E-state index in [-0.39, 0.29) is 11.9 Å². The van der Waals surface area contributed by atoms with E-state index in [1.54, 1.807) is 30.2 Å². The van der Waals surface area contributed by atoms with Crippen LogP contribution in [-0.4, -0.2) is 23.0 Å². The van der Waals surface area contributed by atoms with E-state index in [0.717, 1.165) is 24.0 Å². The Morgan fingerprint density at radius 3 is 2.56 bits per heavy atom. The number of amides is 1. The van der Waals surface area contributed by atoms with Crippen LogP contribution in [0.3, 0.4) is 0 Å². The predicted molar refractivity (Wildman–Crippen MR) is 102 cm³/mol. The second-order valence-electron chi connectivity index (χ2n) is 6.07. The molecule has 1 aromatic carbocycles. The van der Waals surface area contributed by atoms with Crippen LogP contribution >= 0.6 is 23.2 Å². The Balaban J connectivity index is 2.19. The van der Waals surface area contributed by atoms with Crippen molar-refractivity contribution in [2.75, 3.05) is 4.90 Å². The second-order valence-corrected chi connectivity index (χ2v) is 6.92. The smallest absolute Gasteiger partial charge is 0.269 e. The molecular formula is C19H20Cl2N2O2. The van der Waals surface area contributed by atoms with Gasteiger partial charge in [-0.1, -0.05) is 43.1 Å². The van der Waals surface area contributed by atoms with Crippen LogP contribution < -0.4 is 9.64 Å². The third kappa shape index (κ3) is 3.21. The standard InChI is InChI=1S/C19H20Cl2N2O2/c1-4-13(5-2)23-18-17(25-11(3)19(23)24)15(8-9-22-18)14-7-6-12(20)10-16(14)21/h6-11,13H,4-5H2,1-3H3. The summed E-state index contributed by atoms with van der Waals surface area (Å²) in [7, 11) is 0. The van der Waals surface area contributed by atoms with Crippen molar-refractivity contribution >= 4 is 34.9 Å². The van der Waals surface area contributed by atoms with Gasteiger partial charge in [0.1, 0.15) is 0 Å². The van der Waals surface area contributed by atoms with E-state index >= 15 is 0 Å². The van der Waals surface area contributed by atoms with Gasteiger partial charge in [-0.2, -0.15) is 0 Å². The number of nitrogens with zero attached hydrogens (tertiary/aromatic N) is 2. The van der Waals surface area contributed by atoms with Crippen LogP contribution in [0.1, 0.15) is 33.6 Å². The topological polar surface area (TPSA) is 42.4 Å². The largest absolute Gasteiger partial charge is 0.476 e. The molecule has 0 saturated carbocycles. The molecule has 1 amide bonds. The molecular weight excluding hydrogens is 359 g/mol. The summed E-state index contributed by atoms with van der Waals surface area (Å²) in [4.78, 5) is 18.9. The van der Waals surface area contributed by atoms with E-state index in [9.17, 15) is 4.79 Å². The highest BCUT2D eigenvalue weighted by Crippen LogP contribution is 2.44. The third-order valence-electron chi connectivity index (χ3n) is 4.52. The number of halogens is 2. The van der Waals surface area contributed by atoms with Crippen LogP contribution in [0.5, 0.6) is 5.75 Å². The highest BCUT2D eigenvalue weighted by atomic mass is 35.5. The first-order valence-corrected chi connectivity index (χ1v) is 9.17. The molecule has 1 aliphatic heterocycles. The molecule has 0 aliphatic carbocycles. The summed E-state index contributed by atoms with van der Waals surface area (Å²) in [5.74, 6) is 1.08. The lowest BCUT2D eigenvalue weighted by atomic mass is 10.0. The number of aromatic nitrogens is 1. The zero-order valence-electron chi connectivity index (χ0n) is 14.4. The van der Waals surface area contributed by atoms with Crippen molar-refractivity contribution in [2.24, 2.45) is 0 Å². The number of rotatable bonds is 4. The lowest BCUT2D eigenvalue weighted by Crippen LogP contribution is -2.50. The fourth-order valence-electron chi connectivity index (χ4n) is 3.18. The van der Waals surface area contributed by atoms with Gasteiger partial charge in [0.15, 0.2) is 17.7 Å². The third-order valence-corrected chi connectivity index (χ3v) is 5.07. The molecule has 0 N–H and O–H groups in total. The van der Waals surface area contributed by atoms with Crippen LogP contribution in [-0.2, 0) is 4.79 Å². The molecule has 0 fully saturated rings. The van der Waals surface area contributed by atoms with E-state index < -0.39 is 6.10 Å². The number of benzene rings is 1. The molecule has 0 saturated heterocycles. The van der Waals surface area contributed by atoms with Gasteiger partial charge in [-0.05, 0) is 38.0 Å². The van der Waals surface area contributed by atoms with Gasteiger partial charge in [0, 0.05) is 28.4 Å². The monoisotopic (exact) mass is 378 g/mol. The Hall–Kier alpha value is -1.78. The van der Waals surface area contributed by atoms with Crippen LogP contribution in [0.4, 0.5) is 5.82 Å². The first-order valence-electron chi connectivity index (χ1n) is 8.42. The number of carbonyl (C=O) groups excluding carboxylic acids is 1. The molecule has 1 atom stereocenters. The summed E-state index contributed by atoms with van der Waals surface area (Å²) in [5, 5.41) is 1.10. The molecule has 1 aliphatic rings. The Kier molecular flexibility index (Phi) is 5.21. The van der Waals surface area contributed by atoms with E-state index in [4.69, 9.17) is 27.9 Å². The van der Waals surface area contributed by atoms with Crippen LogP contribution in [0, 0.1) is 0 Å². The molecule has 0 bridgehead atoms. The molecule has 0 radical (unpaired) electrons. The van der Waals surface area contributed by atoms with Crippen molar-refractivity contribution in [3.63, 3.8) is 0 Å². The van der Waals surface area contributed by atoms with Crippen LogP contribution in [0.2, 0.25) is 10.0 Å². The summed E-state index contributed by atoms with van der Waals surface area (Å²) >= 11 is 12.4. The predicted octanol–water partition coefficient (Wildman–Crippen LogP) is 5.36. The number of ether oxygens (including phenoxy) is 1. The minimum atomic E-state index is -0.567. The number of hydrogen-bond donors (Lipinski definition) is 0. The number of hydrogen-bond acceptors (Lipinski definition) is 3. The van der Waals surface area contributed by atoms with Gasteiger partial charge in [-0.3, -0.25) is 9.69 Å². The molecule has 132 valence electrons. The average Bonchev–Trinajstić information content (AvgIpc) is 2.59. The maximum absolute atomic E-state index is 12.7. The van der Waals surface area contributed by atoms with Gasteiger partial charge < -0.3 is 4.74 Å². The maximum Gasteiger partial charge on any atom is 0.269 e. The highest BCUT2D eigenvalue weighted by Gasteiger charge is 2.37. The fraction of sp³-hybridized carbons (Fsp3) is 0.368. The summed E-state index contributed by atoms with van der Waals surface area (Å²) < 4.78 is 5.94. The van der Waals surface area contributed by atoms with Crippen molar-refractivity contribution in [3.8, 4) is 16.9 Å². The Bertz CT molecular complexity index is 806.